The van der Waals surface area contributed by atoms with Crippen LogP contribution in [0.1, 0.15) is 5.56 Å². The minimum Gasteiger partial charge on any atom is -0.508 e. The molecule has 0 aliphatic carbocycles. The molecule has 0 bridgehead atoms. The second-order valence-corrected chi connectivity index (χ2v) is 5.33. The van der Waals surface area contributed by atoms with E-state index in [0.717, 1.165) is 27.6 Å². The first kappa shape index (κ1) is 12.6. The highest BCUT2D eigenvalue weighted by atomic mass is 16.3. The van der Waals surface area contributed by atoms with Crippen LogP contribution in [-0.4, -0.2) is 19.7 Å². The molecule has 22 heavy (non-hydrogen) atoms. The van der Waals surface area contributed by atoms with Crippen molar-refractivity contribution < 1.29 is 5.11 Å². The van der Waals surface area contributed by atoms with E-state index < -0.39 is 0 Å². The molecule has 0 unspecified atom stereocenters. The SMILES string of the molecule is Cc1cc2n[nH]c(=O)n2c2ccc(-c3cccc(O)c3)cc12. The number of aromatic hydroxyl groups is 1. The number of benzene rings is 2. The fourth-order valence-electron chi connectivity index (χ4n) is 2.82. The van der Waals surface area contributed by atoms with Gasteiger partial charge < -0.3 is 5.11 Å². The maximum absolute atomic E-state index is 11.9. The van der Waals surface area contributed by atoms with Crippen molar-refractivity contribution in [2.45, 2.75) is 6.92 Å². The lowest BCUT2D eigenvalue weighted by atomic mass is 10.0. The van der Waals surface area contributed by atoms with Crippen LogP contribution in [0.2, 0.25) is 0 Å². The van der Waals surface area contributed by atoms with Gasteiger partial charge in [-0.1, -0.05) is 18.2 Å². The van der Waals surface area contributed by atoms with Crippen molar-refractivity contribution in [3.8, 4) is 16.9 Å². The molecule has 0 aliphatic heterocycles. The van der Waals surface area contributed by atoms with Gasteiger partial charge in [0, 0.05) is 5.39 Å². The summed E-state index contributed by atoms with van der Waals surface area (Å²) >= 11 is 0. The van der Waals surface area contributed by atoms with Gasteiger partial charge >= 0.3 is 5.69 Å². The lowest BCUT2D eigenvalue weighted by molar-refractivity contribution is 0.475. The van der Waals surface area contributed by atoms with E-state index in [1.807, 2.05) is 43.3 Å². The molecule has 0 saturated heterocycles. The van der Waals surface area contributed by atoms with Crippen LogP contribution in [0.25, 0.3) is 27.7 Å². The number of fused-ring (bicyclic) bond motifs is 3. The van der Waals surface area contributed by atoms with Gasteiger partial charge in [0.1, 0.15) is 5.75 Å². The molecule has 2 N–H and O–H groups in total. The molecule has 2 aromatic heterocycles. The van der Waals surface area contributed by atoms with Gasteiger partial charge in [-0.3, -0.25) is 0 Å². The quantitative estimate of drug-likeness (QED) is 0.566. The second kappa shape index (κ2) is 4.46. The first-order valence-corrected chi connectivity index (χ1v) is 6.93. The number of nitrogens with zero attached hydrogens (tertiary/aromatic N) is 2. The van der Waals surface area contributed by atoms with Gasteiger partial charge in [0.25, 0.3) is 0 Å². The maximum Gasteiger partial charge on any atom is 0.348 e. The minimum absolute atomic E-state index is 0.232. The number of hydrogen-bond donors (Lipinski definition) is 2. The molecule has 2 aromatic carbocycles. The summed E-state index contributed by atoms with van der Waals surface area (Å²) in [6, 6.07) is 14.9. The average molecular weight is 291 g/mol. The lowest BCUT2D eigenvalue weighted by Crippen LogP contribution is -2.10. The first-order chi connectivity index (χ1) is 10.6. The molecule has 0 aliphatic rings. The average Bonchev–Trinajstić information content (AvgIpc) is 2.88. The molecular weight excluding hydrogens is 278 g/mol. The molecule has 108 valence electrons. The molecule has 2 heterocycles. The zero-order valence-electron chi connectivity index (χ0n) is 11.9. The van der Waals surface area contributed by atoms with E-state index in [1.54, 1.807) is 16.5 Å². The Morgan fingerprint density at radius 2 is 1.91 bits per heavy atom. The Morgan fingerprint density at radius 1 is 1.09 bits per heavy atom. The zero-order valence-corrected chi connectivity index (χ0v) is 11.9. The Kier molecular flexibility index (Phi) is 2.56. The van der Waals surface area contributed by atoms with Crippen molar-refractivity contribution in [1.29, 1.82) is 0 Å². The summed E-state index contributed by atoms with van der Waals surface area (Å²) in [6.07, 6.45) is 0. The van der Waals surface area contributed by atoms with Crippen LogP contribution in [0.15, 0.2) is 53.3 Å². The van der Waals surface area contributed by atoms with Crippen molar-refractivity contribution >= 4 is 16.6 Å². The van der Waals surface area contributed by atoms with E-state index in [9.17, 15) is 9.90 Å². The third-order valence-electron chi connectivity index (χ3n) is 3.89. The number of phenolic OH excluding ortho intramolecular Hbond substituents is 1. The van der Waals surface area contributed by atoms with Crippen molar-refractivity contribution in [3.63, 3.8) is 0 Å². The molecule has 0 radical (unpaired) electrons. The predicted octanol–water partition coefficient (Wildman–Crippen LogP) is 2.86. The smallest absolute Gasteiger partial charge is 0.348 e. The summed E-state index contributed by atoms with van der Waals surface area (Å²) < 4.78 is 1.56. The van der Waals surface area contributed by atoms with E-state index in [1.165, 1.54) is 0 Å². The molecule has 4 rings (SSSR count). The predicted molar refractivity (Wildman–Crippen MR) is 85.2 cm³/mol. The number of phenols is 1. The second-order valence-electron chi connectivity index (χ2n) is 5.33. The van der Waals surface area contributed by atoms with E-state index in [-0.39, 0.29) is 11.4 Å². The summed E-state index contributed by atoms with van der Waals surface area (Å²) in [5, 5.41) is 17.1. The fourth-order valence-corrected chi connectivity index (χ4v) is 2.82. The summed E-state index contributed by atoms with van der Waals surface area (Å²) in [7, 11) is 0. The molecule has 4 aromatic rings. The van der Waals surface area contributed by atoms with Crippen LogP contribution in [0, 0.1) is 6.92 Å². The van der Waals surface area contributed by atoms with Gasteiger partial charge in [-0.25, -0.2) is 14.3 Å². The van der Waals surface area contributed by atoms with Crippen LogP contribution in [0.4, 0.5) is 0 Å². The first-order valence-electron chi connectivity index (χ1n) is 6.93. The van der Waals surface area contributed by atoms with Crippen molar-refractivity contribution in [1.82, 2.24) is 14.6 Å². The van der Waals surface area contributed by atoms with E-state index in [4.69, 9.17) is 0 Å². The highest BCUT2D eigenvalue weighted by Crippen LogP contribution is 2.28. The molecule has 5 nitrogen and oxygen atoms in total. The molecular formula is C17H13N3O2. The zero-order chi connectivity index (χ0) is 15.3. The molecule has 0 spiro atoms. The van der Waals surface area contributed by atoms with Gasteiger partial charge in [-0.2, -0.15) is 5.10 Å². The van der Waals surface area contributed by atoms with E-state index >= 15 is 0 Å². The van der Waals surface area contributed by atoms with E-state index in [2.05, 4.69) is 10.2 Å². The number of hydrogen-bond acceptors (Lipinski definition) is 3. The fraction of sp³-hybridized carbons (Fsp3) is 0.0588. The maximum atomic E-state index is 11.9. The van der Waals surface area contributed by atoms with Crippen LogP contribution < -0.4 is 5.69 Å². The molecule has 0 saturated carbocycles. The van der Waals surface area contributed by atoms with Crippen molar-refractivity contribution in [3.05, 3.63) is 64.6 Å². The largest absolute Gasteiger partial charge is 0.508 e. The number of H-pyrrole nitrogens is 1. The number of pyridine rings is 1. The topological polar surface area (TPSA) is 70.4 Å². The molecule has 5 heteroatoms. The highest BCUT2D eigenvalue weighted by Gasteiger charge is 2.09. The van der Waals surface area contributed by atoms with Gasteiger partial charge in [-0.05, 0) is 53.9 Å². The number of aromatic amines is 1. The summed E-state index contributed by atoms with van der Waals surface area (Å²) in [5.74, 6) is 0.232. The standard InChI is InChI=1S/C17H13N3O2/c1-10-7-16-18-19-17(22)20(16)15-6-5-12(9-14(10)15)11-3-2-4-13(21)8-11/h2-9,21H,1H3,(H,19,22). The number of aryl methyl sites for hydroxylation is 1. The number of aromatic nitrogens is 3. The number of nitrogens with one attached hydrogen (secondary N) is 1. The Labute approximate surface area is 125 Å². The number of rotatable bonds is 1. The minimum atomic E-state index is -0.245. The Morgan fingerprint density at radius 3 is 2.73 bits per heavy atom. The third kappa shape index (κ3) is 1.79. The molecule has 0 atom stereocenters. The monoisotopic (exact) mass is 291 g/mol. The van der Waals surface area contributed by atoms with Crippen molar-refractivity contribution in [2.24, 2.45) is 0 Å². The normalized spacial score (nSPS) is 11.3. The lowest BCUT2D eigenvalue weighted by Gasteiger charge is -2.08. The van der Waals surface area contributed by atoms with Crippen LogP contribution in [0.3, 0.4) is 0 Å². The van der Waals surface area contributed by atoms with E-state index in [0.29, 0.717) is 5.65 Å². The van der Waals surface area contributed by atoms with Gasteiger partial charge in [-0.15, -0.1) is 0 Å². The van der Waals surface area contributed by atoms with Gasteiger partial charge in [0.2, 0.25) is 0 Å². The van der Waals surface area contributed by atoms with Crippen LogP contribution in [-0.2, 0) is 0 Å². The van der Waals surface area contributed by atoms with Gasteiger partial charge in [0.05, 0.1) is 5.52 Å². The Balaban J connectivity index is 2.06. The summed E-state index contributed by atoms with van der Waals surface area (Å²) in [5.41, 5.74) is 4.15. The van der Waals surface area contributed by atoms with Crippen LogP contribution >= 0.6 is 0 Å². The molecule has 0 amide bonds. The highest BCUT2D eigenvalue weighted by molar-refractivity contribution is 5.89. The van der Waals surface area contributed by atoms with Crippen LogP contribution in [0.5, 0.6) is 5.75 Å². The molecule has 0 fully saturated rings. The van der Waals surface area contributed by atoms with Gasteiger partial charge in [0.15, 0.2) is 5.65 Å². The Bertz CT molecular complexity index is 1080. The van der Waals surface area contributed by atoms with Crippen molar-refractivity contribution in [2.75, 3.05) is 0 Å². The Hall–Kier alpha value is -3.08. The summed E-state index contributed by atoms with van der Waals surface area (Å²) in [6.45, 7) is 1.99. The third-order valence-corrected chi connectivity index (χ3v) is 3.89. The summed E-state index contributed by atoms with van der Waals surface area (Å²) in [4.78, 5) is 11.9.